The van der Waals surface area contributed by atoms with Gasteiger partial charge in [0.15, 0.2) is 0 Å². The average molecular weight is 166 g/mol. The van der Waals surface area contributed by atoms with E-state index in [1.807, 2.05) is 11.2 Å². The molecule has 3 rings (SSSR count). The fourth-order valence-electron chi connectivity index (χ4n) is 1.63. The van der Waals surface area contributed by atoms with Gasteiger partial charge in [0.1, 0.15) is 12.0 Å². The van der Waals surface area contributed by atoms with Crippen LogP contribution in [0.2, 0.25) is 0 Å². The van der Waals surface area contributed by atoms with Gasteiger partial charge >= 0.3 is 0 Å². The summed E-state index contributed by atoms with van der Waals surface area (Å²) in [6.45, 7) is 2.87. The van der Waals surface area contributed by atoms with Crippen LogP contribution in [0.3, 0.4) is 0 Å². The Hall–Kier alpha value is -1.20. The molecule has 0 atom stereocenters. The maximum absolute atomic E-state index is 5.33. The summed E-state index contributed by atoms with van der Waals surface area (Å²) in [6.07, 6.45) is 3.56. The molecule has 0 bridgehead atoms. The van der Waals surface area contributed by atoms with E-state index in [1.165, 1.54) is 5.70 Å². The Morgan fingerprint density at radius 1 is 1.50 bits per heavy atom. The third kappa shape index (κ3) is 0.693. The number of nitrogens with zero attached hydrogens (tertiary/aromatic N) is 2. The second kappa shape index (κ2) is 2.15. The number of hydrazine groups is 2. The van der Waals surface area contributed by atoms with E-state index in [1.54, 1.807) is 6.26 Å². The minimum atomic E-state index is 0.876. The Kier molecular flexibility index (Phi) is 1.13. The van der Waals surface area contributed by atoms with E-state index in [2.05, 4.69) is 15.9 Å². The predicted molar refractivity (Wildman–Crippen MR) is 41.8 cm³/mol. The molecule has 0 aromatic carbocycles. The number of fused-ring (bicyclic) bond motifs is 2. The zero-order chi connectivity index (χ0) is 7.97. The lowest BCUT2D eigenvalue weighted by Gasteiger charge is -2.26. The van der Waals surface area contributed by atoms with Crippen LogP contribution >= 0.6 is 0 Å². The van der Waals surface area contributed by atoms with Crippen molar-refractivity contribution in [3.63, 3.8) is 0 Å². The maximum Gasteiger partial charge on any atom is 0.237 e. The van der Waals surface area contributed by atoms with Crippen LogP contribution in [0.25, 0.3) is 0 Å². The highest BCUT2D eigenvalue weighted by Gasteiger charge is 2.32. The van der Waals surface area contributed by atoms with Gasteiger partial charge in [-0.2, -0.15) is 0 Å². The van der Waals surface area contributed by atoms with Crippen LogP contribution in [0.5, 0.6) is 0 Å². The Labute approximate surface area is 70.2 Å². The van der Waals surface area contributed by atoms with Gasteiger partial charge in [-0.1, -0.05) is 0 Å². The molecule has 0 saturated carbocycles. The van der Waals surface area contributed by atoms with Gasteiger partial charge in [0, 0.05) is 19.6 Å². The lowest BCUT2D eigenvalue weighted by Crippen LogP contribution is -2.47. The molecule has 3 heterocycles. The summed E-state index contributed by atoms with van der Waals surface area (Å²) in [5, 5.41) is 7.29. The quantitative estimate of drug-likeness (QED) is 0.498. The summed E-state index contributed by atoms with van der Waals surface area (Å²) >= 11 is 0. The van der Waals surface area contributed by atoms with Crippen molar-refractivity contribution in [2.24, 2.45) is 0 Å². The fraction of sp³-hybridized carbons (Fsp3) is 0.429. The van der Waals surface area contributed by atoms with Crippen molar-refractivity contribution >= 4 is 0 Å². The summed E-state index contributed by atoms with van der Waals surface area (Å²) in [5.41, 5.74) is 4.38. The molecule has 1 fully saturated rings. The highest BCUT2D eigenvalue weighted by atomic mass is 16.5. The van der Waals surface area contributed by atoms with Crippen LogP contribution < -0.4 is 10.9 Å². The third-order valence-corrected chi connectivity index (χ3v) is 2.21. The second-order valence-corrected chi connectivity index (χ2v) is 2.95. The predicted octanol–water partition coefficient (Wildman–Crippen LogP) is -0.703. The molecule has 2 N–H and O–H groups in total. The number of nitrogens with one attached hydrogen (secondary N) is 2. The van der Waals surface area contributed by atoms with Crippen molar-refractivity contribution < 1.29 is 4.74 Å². The molecule has 0 radical (unpaired) electrons. The lowest BCUT2D eigenvalue weighted by molar-refractivity contribution is 0.140. The number of hydrogen-bond acceptors (Lipinski definition) is 5. The van der Waals surface area contributed by atoms with Crippen LogP contribution in [0.15, 0.2) is 24.0 Å². The van der Waals surface area contributed by atoms with E-state index in [0.717, 1.165) is 25.5 Å². The topological polar surface area (TPSA) is 39.8 Å². The van der Waals surface area contributed by atoms with E-state index < -0.39 is 0 Å². The van der Waals surface area contributed by atoms with E-state index in [-0.39, 0.29) is 0 Å². The first-order valence-electron chi connectivity index (χ1n) is 4.05. The van der Waals surface area contributed by atoms with Gasteiger partial charge in [0.05, 0.1) is 6.20 Å². The SMILES string of the molecule is C1=CN2NN3CCNCC3=C2O1. The Morgan fingerprint density at radius 2 is 2.50 bits per heavy atom. The van der Waals surface area contributed by atoms with E-state index >= 15 is 0 Å². The van der Waals surface area contributed by atoms with Crippen molar-refractivity contribution in [1.82, 2.24) is 20.9 Å². The first-order valence-corrected chi connectivity index (χ1v) is 4.05. The van der Waals surface area contributed by atoms with Crippen LogP contribution in [0.4, 0.5) is 0 Å². The summed E-state index contributed by atoms with van der Waals surface area (Å²) in [6, 6.07) is 0. The molecule has 0 aliphatic carbocycles. The molecule has 0 aromatic rings. The maximum atomic E-state index is 5.33. The number of piperazine rings is 1. The first-order chi connectivity index (χ1) is 5.95. The molecule has 5 heteroatoms. The van der Waals surface area contributed by atoms with Crippen LogP contribution in [0.1, 0.15) is 0 Å². The average Bonchev–Trinajstić information content (AvgIpc) is 2.62. The zero-order valence-electron chi connectivity index (χ0n) is 6.58. The number of ether oxygens (including phenoxy) is 1. The second-order valence-electron chi connectivity index (χ2n) is 2.95. The Morgan fingerprint density at radius 3 is 3.50 bits per heavy atom. The van der Waals surface area contributed by atoms with Gasteiger partial charge in [-0.3, -0.25) is 5.01 Å². The molecule has 0 unspecified atom stereocenters. The lowest BCUT2D eigenvalue weighted by atomic mass is 10.3. The molecule has 3 aliphatic rings. The highest BCUT2D eigenvalue weighted by Crippen LogP contribution is 2.25. The molecule has 3 aliphatic heterocycles. The Balaban J connectivity index is 1.96. The van der Waals surface area contributed by atoms with E-state index in [0.29, 0.717) is 0 Å². The van der Waals surface area contributed by atoms with Crippen molar-refractivity contribution in [1.29, 1.82) is 0 Å². The van der Waals surface area contributed by atoms with E-state index in [4.69, 9.17) is 4.74 Å². The van der Waals surface area contributed by atoms with E-state index in [9.17, 15) is 0 Å². The van der Waals surface area contributed by atoms with Crippen molar-refractivity contribution in [3.05, 3.63) is 24.0 Å². The smallest absolute Gasteiger partial charge is 0.237 e. The number of hydrogen-bond donors (Lipinski definition) is 2. The zero-order valence-corrected chi connectivity index (χ0v) is 6.58. The summed E-state index contributed by atoms with van der Waals surface area (Å²) in [5.74, 6) is 0.905. The molecule has 1 saturated heterocycles. The molecule has 0 spiro atoms. The number of rotatable bonds is 0. The van der Waals surface area contributed by atoms with Gasteiger partial charge < -0.3 is 10.1 Å². The molecule has 0 aromatic heterocycles. The summed E-state index contributed by atoms with van der Waals surface area (Å²) in [7, 11) is 0. The minimum absolute atomic E-state index is 0.876. The summed E-state index contributed by atoms with van der Waals surface area (Å²) < 4.78 is 5.33. The molecular formula is C7H10N4O. The largest absolute Gasteiger partial charge is 0.444 e. The fourth-order valence-corrected chi connectivity index (χ4v) is 1.63. The standard InChI is InChI=1S/C7H10N4O/c1-2-10-6(5-8-1)7-11(9-10)3-4-12-7/h3-4,8-9H,1-2,5H2. The summed E-state index contributed by atoms with van der Waals surface area (Å²) in [4.78, 5) is 0. The van der Waals surface area contributed by atoms with Crippen molar-refractivity contribution in [2.45, 2.75) is 0 Å². The molecule has 0 amide bonds. The third-order valence-electron chi connectivity index (χ3n) is 2.21. The molecule has 64 valence electrons. The molecular weight excluding hydrogens is 156 g/mol. The highest BCUT2D eigenvalue weighted by molar-refractivity contribution is 5.19. The molecule has 5 nitrogen and oxygen atoms in total. The first kappa shape index (κ1) is 6.33. The Bertz CT molecular complexity index is 273. The van der Waals surface area contributed by atoms with Gasteiger partial charge in [-0.05, 0) is 0 Å². The van der Waals surface area contributed by atoms with Crippen molar-refractivity contribution in [2.75, 3.05) is 19.6 Å². The van der Waals surface area contributed by atoms with Gasteiger partial charge in [0.25, 0.3) is 0 Å². The minimum Gasteiger partial charge on any atom is -0.444 e. The van der Waals surface area contributed by atoms with Crippen molar-refractivity contribution in [3.8, 4) is 0 Å². The normalized spacial score (nSPS) is 26.0. The van der Waals surface area contributed by atoms with Crippen LogP contribution in [-0.2, 0) is 4.74 Å². The van der Waals surface area contributed by atoms with Gasteiger partial charge in [-0.25, -0.2) is 5.01 Å². The van der Waals surface area contributed by atoms with Gasteiger partial charge in [0.2, 0.25) is 5.88 Å². The van der Waals surface area contributed by atoms with Gasteiger partial charge in [-0.15, -0.1) is 5.53 Å². The van der Waals surface area contributed by atoms with Crippen LogP contribution in [-0.4, -0.2) is 29.7 Å². The monoisotopic (exact) mass is 166 g/mol. The molecule has 12 heavy (non-hydrogen) atoms. The van der Waals surface area contributed by atoms with Crippen LogP contribution in [0, 0.1) is 0 Å².